The van der Waals surface area contributed by atoms with Gasteiger partial charge in [-0.25, -0.2) is 0 Å². The topological polar surface area (TPSA) is 123 Å². The van der Waals surface area contributed by atoms with Gasteiger partial charge in [-0.05, 0) is 30.2 Å². The average molecular weight is 354 g/mol. The second-order valence-electron chi connectivity index (χ2n) is 6.47. The molecule has 2 aromatic rings. The van der Waals surface area contributed by atoms with Crippen LogP contribution in [0.15, 0.2) is 35.1 Å². The summed E-state index contributed by atoms with van der Waals surface area (Å²) in [6, 6.07) is 7.56. The lowest BCUT2D eigenvalue weighted by Gasteiger charge is -2.13. The van der Waals surface area contributed by atoms with Crippen LogP contribution in [0.1, 0.15) is 41.0 Å². The zero-order valence-electron chi connectivity index (χ0n) is 14.3. The van der Waals surface area contributed by atoms with Gasteiger partial charge < -0.3 is 11.1 Å². The van der Waals surface area contributed by atoms with E-state index in [1.54, 1.807) is 24.3 Å². The van der Waals surface area contributed by atoms with Crippen LogP contribution < -0.4 is 21.9 Å². The molecule has 8 heteroatoms. The van der Waals surface area contributed by atoms with Crippen molar-refractivity contribution in [2.45, 2.75) is 20.3 Å². The lowest BCUT2D eigenvalue weighted by Crippen LogP contribution is -2.24. The van der Waals surface area contributed by atoms with Crippen molar-refractivity contribution < 1.29 is 14.4 Å². The van der Waals surface area contributed by atoms with Crippen molar-refractivity contribution in [1.29, 1.82) is 0 Å². The van der Waals surface area contributed by atoms with Gasteiger partial charge >= 0.3 is 0 Å². The van der Waals surface area contributed by atoms with Gasteiger partial charge in [0.15, 0.2) is 0 Å². The van der Waals surface area contributed by atoms with Gasteiger partial charge in [0.1, 0.15) is 5.82 Å². The van der Waals surface area contributed by atoms with E-state index in [4.69, 9.17) is 5.73 Å². The van der Waals surface area contributed by atoms with E-state index in [9.17, 15) is 19.2 Å². The van der Waals surface area contributed by atoms with Crippen LogP contribution in [0.25, 0.3) is 5.69 Å². The van der Waals surface area contributed by atoms with Crippen LogP contribution >= 0.6 is 0 Å². The van der Waals surface area contributed by atoms with Crippen molar-refractivity contribution in [3.8, 4) is 5.69 Å². The van der Waals surface area contributed by atoms with E-state index in [1.165, 1.54) is 0 Å². The number of anilines is 2. The molecule has 0 unspecified atom stereocenters. The Morgan fingerprint density at radius 3 is 2.42 bits per heavy atom. The van der Waals surface area contributed by atoms with Crippen molar-refractivity contribution in [3.05, 3.63) is 51.8 Å². The second kappa shape index (κ2) is 6.47. The summed E-state index contributed by atoms with van der Waals surface area (Å²) >= 11 is 0. The third-order valence-electron chi connectivity index (χ3n) is 3.96. The first-order valence-corrected chi connectivity index (χ1v) is 8.09. The number of imide groups is 1. The van der Waals surface area contributed by atoms with E-state index in [0.717, 1.165) is 10.6 Å². The summed E-state index contributed by atoms with van der Waals surface area (Å²) < 4.78 is 1.15. The fourth-order valence-corrected chi connectivity index (χ4v) is 2.82. The monoisotopic (exact) mass is 354 g/mol. The van der Waals surface area contributed by atoms with Gasteiger partial charge in [-0.15, -0.1) is 0 Å². The number of fused-ring (bicyclic) bond motifs is 1. The van der Waals surface area contributed by atoms with E-state index in [2.05, 4.69) is 10.6 Å². The summed E-state index contributed by atoms with van der Waals surface area (Å²) in [5, 5.41) is 4.89. The molecule has 3 rings (SSSR count). The predicted molar refractivity (Wildman–Crippen MR) is 96.3 cm³/mol. The van der Waals surface area contributed by atoms with Crippen LogP contribution in [-0.4, -0.2) is 22.3 Å². The smallest absolute Gasteiger partial charge is 0.262 e. The third-order valence-corrected chi connectivity index (χ3v) is 3.96. The van der Waals surface area contributed by atoms with Crippen LogP contribution in [0.3, 0.4) is 0 Å². The zero-order valence-corrected chi connectivity index (χ0v) is 14.3. The van der Waals surface area contributed by atoms with E-state index in [-0.39, 0.29) is 28.8 Å². The molecule has 0 aliphatic carbocycles. The number of hydrogen-bond donors (Lipinski definition) is 3. The number of carbonyl (C=O) groups is 3. The van der Waals surface area contributed by atoms with Crippen molar-refractivity contribution in [3.63, 3.8) is 0 Å². The fraction of sp³-hybridized carbons (Fsp3) is 0.222. The standard InChI is InChI=1S/C18H18N4O4/c1-9(2)7-13(23)20-10-3-5-11(6-4-10)22-14(24)8-12-15(16(22)19)18(26)21-17(12)25/h3-6,8-9H,7,19H2,1-2H3,(H,20,23)(H,21,25,26). The lowest BCUT2D eigenvalue weighted by atomic mass is 10.1. The quantitative estimate of drug-likeness (QED) is 0.714. The number of rotatable bonds is 4. The molecular formula is C18H18N4O4. The first kappa shape index (κ1) is 17.4. The Bertz CT molecular complexity index is 974. The number of amides is 3. The number of nitrogens with zero attached hydrogens (tertiary/aromatic N) is 1. The highest BCUT2D eigenvalue weighted by Crippen LogP contribution is 2.23. The molecule has 1 aromatic heterocycles. The molecule has 8 nitrogen and oxygen atoms in total. The van der Waals surface area contributed by atoms with Crippen LogP contribution in [0, 0.1) is 5.92 Å². The van der Waals surface area contributed by atoms with Crippen LogP contribution in [0.5, 0.6) is 0 Å². The second-order valence-corrected chi connectivity index (χ2v) is 6.47. The molecule has 26 heavy (non-hydrogen) atoms. The number of carbonyl (C=O) groups excluding carboxylic acids is 3. The van der Waals surface area contributed by atoms with Crippen molar-refractivity contribution >= 4 is 29.2 Å². The summed E-state index contributed by atoms with van der Waals surface area (Å²) in [6.45, 7) is 3.90. The lowest BCUT2D eigenvalue weighted by molar-refractivity contribution is -0.116. The van der Waals surface area contributed by atoms with E-state index in [0.29, 0.717) is 17.8 Å². The molecule has 0 spiro atoms. The third kappa shape index (κ3) is 3.08. The number of benzene rings is 1. The highest BCUT2D eigenvalue weighted by Gasteiger charge is 2.31. The maximum atomic E-state index is 12.4. The molecule has 134 valence electrons. The van der Waals surface area contributed by atoms with Gasteiger partial charge in [-0.2, -0.15) is 0 Å². The van der Waals surface area contributed by atoms with Crippen LogP contribution in [-0.2, 0) is 4.79 Å². The summed E-state index contributed by atoms with van der Waals surface area (Å²) in [4.78, 5) is 47.7. The van der Waals surface area contributed by atoms with Crippen LogP contribution in [0.4, 0.5) is 11.5 Å². The van der Waals surface area contributed by atoms with E-state index < -0.39 is 17.4 Å². The first-order chi connectivity index (χ1) is 12.3. The Kier molecular flexibility index (Phi) is 4.33. The van der Waals surface area contributed by atoms with Gasteiger partial charge in [0, 0.05) is 18.2 Å². The molecule has 0 radical (unpaired) electrons. The average Bonchev–Trinajstić information content (AvgIpc) is 2.82. The molecule has 0 bridgehead atoms. The summed E-state index contributed by atoms with van der Waals surface area (Å²) in [5.74, 6) is -1.23. The number of aromatic nitrogens is 1. The summed E-state index contributed by atoms with van der Waals surface area (Å²) in [6.07, 6.45) is 0.405. The number of nitrogens with one attached hydrogen (secondary N) is 2. The predicted octanol–water partition coefficient (Wildman–Crippen LogP) is 1.29. The van der Waals surface area contributed by atoms with Gasteiger partial charge in [-0.3, -0.25) is 29.1 Å². The largest absolute Gasteiger partial charge is 0.384 e. The van der Waals surface area contributed by atoms with Gasteiger partial charge in [-0.1, -0.05) is 13.8 Å². The number of pyridine rings is 1. The minimum Gasteiger partial charge on any atom is -0.384 e. The molecule has 0 atom stereocenters. The Hall–Kier alpha value is -3.42. The molecule has 2 heterocycles. The van der Waals surface area contributed by atoms with E-state index in [1.807, 2.05) is 13.8 Å². The SMILES string of the molecule is CC(C)CC(=O)Nc1ccc(-n2c(N)c3c(cc2=O)C(=O)NC3=O)cc1. The summed E-state index contributed by atoms with van der Waals surface area (Å²) in [7, 11) is 0. The molecular weight excluding hydrogens is 336 g/mol. The molecule has 0 saturated heterocycles. The highest BCUT2D eigenvalue weighted by molar-refractivity contribution is 6.23. The Morgan fingerprint density at radius 1 is 1.15 bits per heavy atom. The van der Waals surface area contributed by atoms with Crippen molar-refractivity contribution in [1.82, 2.24) is 9.88 Å². The van der Waals surface area contributed by atoms with Crippen molar-refractivity contribution in [2.24, 2.45) is 5.92 Å². The number of nitrogens with two attached hydrogens (primary N) is 1. The molecule has 3 amide bonds. The highest BCUT2D eigenvalue weighted by atomic mass is 16.2. The molecule has 0 saturated carbocycles. The number of nitrogen functional groups attached to an aromatic ring is 1. The van der Waals surface area contributed by atoms with E-state index >= 15 is 0 Å². The molecule has 1 aliphatic heterocycles. The number of hydrogen-bond acceptors (Lipinski definition) is 5. The Labute approximate surface area is 149 Å². The Morgan fingerprint density at radius 2 is 1.81 bits per heavy atom. The molecule has 4 N–H and O–H groups in total. The molecule has 1 aliphatic rings. The molecule has 0 fully saturated rings. The normalized spacial score (nSPS) is 12.9. The van der Waals surface area contributed by atoms with Crippen molar-refractivity contribution in [2.75, 3.05) is 11.1 Å². The van der Waals surface area contributed by atoms with Gasteiger partial charge in [0.25, 0.3) is 17.4 Å². The molecule has 1 aromatic carbocycles. The van der Waals surface area contributed by atoms with Crippen LogP contribution in [0.2, 0.25) is 0 Å². The van der Waals surface area contributed by atoms with Gasteiger partial charge in [0.05, 0.1) is 16.8 Å². The van der Waals surface area contributed by atoms with Gasteiger partial charge in [0.2, 0.25) is 5.91 Å². The Balaban J connectivity index is 1.95. The maximum Gasteiger partial charge on any atom is 0.262 e. The summed E-state index contributed by atoms with van der Waals surface area (Å²) in [5.41, 5.74) is 6.42. The first-order valence-electron chi connectivity index (χ1n) is 8.09. The minimum absolute atomic E-state index is 0.0103. The fourth-order valence-electron chi connectivity index (χ4n) is 2.82. The minimum atomic E-state index is -0.635. The zero-order chi connectivity index (χ0) is 19.0. The maximum absolute atomic E-state index is 12.4.